The maximum atomic E-state index is 11.1. The van der Waals surface area contributed by atoms with Crippen LogP contribution in [0.25, 0.3) is 0 Å². The van der Waals surface area contributed by atoms with Crippen LogP contribution < -0.4 is 4.74 Å². The van der Waals surface area contributed by atoms with E-state index in [4.69, 9.17) is 21.4 Å². The van der Waals surface area contributed by atoms with Crippen LogP contribution in [0, 0.1) is 6.92 Å². The predicted molar refractivity (Wildman–Crippen MR) is 83.8 cm³/mol. The minimum Gasteiger partial charge on any atom is -0.475 e. The highest BCUT2D eigenvalue weighted by Gasteiger charge is 2.18. The van der Waals surface area contributed by atoms with Gasteiger partial charge in [-0.25, -0.2) is 9.78 Å². The molecule has 2 rings (SSSR count). The highest BCUT2D eigenvalue weighted by atomic mass is 35.5. The third-order valence-corrected chi connectivity index (χ3v) is 3.41. The molecule has 0 aliphatic heterocycles. The minimum absolute atomic E-state index is 0.124. The smallest absolute Gasteiger partial charge is 0.374 e. The van der Waals surface area contributed by atoms with Crippen molar-refractivity contribution in [3.63, 3.8) is 0 Å². The van der Waals surface area contributed by atoms with Gasteiger partial charge in [0.25, 0.3) is 0 Å². The summed E-state index contributed by atoms with van der Waals surface area (Å²) in [6.45, 7) is 5.46. The summed E-state index contributed by atoms with van der Waals surface area (Å²) in [6.07, 6.45) is 0.355. The lowest BCUT2D eigenvalue weighted by atomic mass is 10.0. The first-order valence-corrected chi connectivity index (χ1v) is 7.27. The van der Waals surface area contributed by atoms with Crippen molar-refractivity contribution in [3.8, 4) is 5.88 Å². The molecule has 116 valence electrons. The predicted octanol–water partition coefficient (Wildman–Crippen LogP) is 3.51. The number of benzene rings is 1. The molecule has 0 aliphatic rings. The number of carboxylic acids is 1. The summed E-state index contributed by atoms with van der Waals surface area (Å²) in [6, 6.07) is 7.47. The van der Waals surface area contributed by atoms with Crippen LogP contribution in [0.4, 0.5) is 0 Å². The van der Waals surface area contributed by atoms with Gasteiger partial charge in [0, 0.05) is 22.7 Å². The van der Waals surface area contributed by atoms with E-state index in [0.717, 1.165) is 11.1 Å². The number of nitrogens with zero attached hydrogens (tertiary/aromatic N) is 2. The van der Waals surface area contributed by atoms with Gasteiger partial charge in [-0.3, -0.25) is 0 Å². The Hall–Kier alpha value is -2.14. The molecular formula is C16H17ClN2O3. The Morgan fingerprint density at radius 2 is 2.00 bits per heavy atom. The van der Waals surface area contributed by atoms with Crippen LogP contribution in [0.15, 0.2) is 24.3 Å². The number of hydrogen-bond acceptors (Lipinski definition) is 4. The van der Waals surface area contributed by atoms with Crippen LogP contribution in [0.5, 0.6) is 5.88 Å². The fourth-order valence-electron chi connectivity index (χ4n) is 2.02. The first kappa shape index (κ1) is 16.2. The summed E-state index contributed by atoms with van der Waals surface area (Å²) >= 11 is 6.19. The van der Waals surface area contributed by atoms with Crippen LogP contribution in [0.1, 0.15) is 41.3 Å². The van der Waals surface area contributed by atoms with Gasteiger partial charge in [-0.1, -0.05) is 29.8 Å². The maximum Gasteiger partial charge on any atom is 0.374 e. The molecule has 0 amide bonds. The van der Waals surface area contributed by atoms with Crippen molar-refractivity contribution in [2.75, 3.05) is 0 Å². The first-order chi connectivity index (χ1) is 10.4. The van der Waals surface area contributed by atoms with Crippen molar-refractivity contribution in [1.29, 1.82) is 0 Å². The fraction of sp³-hybridized carbons (Fsp3) is 0.312. The average molecular weight is 321 g/mol. The fourth-order valence-corrected chi connectivity index (χ4v) is 2.22. The molecule has 0 saturated carbocycles. The maximum absolute atomic E-state index is 11.1. The summed E-state index contributed by atoms with van der Waals surface area (Å²) in [5, 5.41) is 9.73. The molecule has 22 heavy (non-hydrogen) atoms. The Balaban J connectivity index is 2.49. The third kappa shape index (κ3) is 3.74. The monoisotopic (exact) mass is 320 g/mol. The molecule has 1 heterocycles. The van der Waals surface area contributed by atoms with Gasteiger partial charge >= 0.3 is 5.97 Å². The van der Waals surface area contributed by atoms with Gasteiger partial charge in [-0.05, 0) is 32.4 Å². The summed E-state index contributed by atoms with van der Waals surface area (Å²) in [5.41, 5.74) is 2.22. The van der Waals surface area contributed by atoms with Gasteiger partial charge in [0.1, 0.15) is 0 Å². The van der Waals surface area contributed by atoms with Crippen molar-refractivity contribution in [2.45, 2.75) is 33.3 Å². The number of carbonyl (C=O) groups is 1. The quantitative estimate of drug-likeness (QED) is 0.912. The van der Waals surface area contributed by atoms with E-state index < -0.39 is 5.97 Å². The van der Waals surface area contributed by atoms with E-state index in [1.54, 1.807) is 6.92 Å². The Kier molecular flexibility index (Phi) is 4.98. The molecule has 0 atom stereocenters. The van der Waals surface area contributed by atoms with E-state index in [0.29, 0.717) is 23.0 Å². The molecule has 0 unspecified atom stereocenters. The topological polar surface area (TPSA) is 72.3 Å². The highest BCUT2D eigenvalue weighted by Crippen LogP contribution is 2.26. The van der Waals surface area contributed by atoms with Crippen LogP contribution in [0.3, 0.4) is 0 Å². The van der Waals surface area contributed by atoms with E-state index in [-0.39, 0.29) is 11.9 Å². The largest absolute Gasteiger partial charge is 0.475 e. The molecule has 0 bridgehead atoms. The van der Waals surface area contributed by atoms with Crippen molar-refractivity contribution in [2.24, 2.45) is 0 Å². The first-order valence-electron chi connectivity index (χ1n) is 6.89. The molecule has 6 heteroatoms. The van der Waals surface area contributed by atoms with Gasteiger partial charge in [-0.15, -0.1) is 0 Å². The van der Waals surface area contributed by atoms with Gasteiger partial charge in [-0.2, -0.15) is 4.98 Å². The molecule has 1 N–H and O–H groups in total. The molecule has 0 spiro atoms. The minimum atomic E-state index is -1.18. The molecular weight excluding hydrogens is 304 g/mol. The van der Waals surface area contributed by atoms with Gasteiger partial charge in [0.15, 0.2) is 0 Å². The number of rotatable bonds is 5. The van der Waals surface area contributed by atoms with Crippen molar-refractivity contribution >= 4 is 17.6 Å². The van der Waals surface area contributed by atoms with E-state index in [1.807, 2.05) is 38.1 Å². The summed E-state index contributed by atoms with van der Waals surface area (Å²) in [4.78, 5) is 19.2. The van der Waals surface area contributed by atoms with Gasteiger partial charge in [0.2, 0.25) is 11.7 Å². The molecule has 0 saturated heterocycles. The van der Waals surface area contributed by atoms with Gasteiger partial charge in [0.05, 0.1) is 6.10 Å². The third-order valence-electron chi connectivity index (χ3n) is 3.04. The number of carboxylic acid groups (broad SMARTS) is 1. The zero-order valence-corrected chi connectivity index (χ0v) is 13.4. The number of aromatic nitrogens is 2. The van der Waals surface area contributed by atoms with Crippen molar-refractivity contribution < 1.29 is 14.6 Å². The number of ether oxygens (including phenoxy) is 1. The lowest BCUT2D eigenvalue weighted by Gasteiger charge is -2.16. The number of aromatic carboxylic acids is 1. The molecule has 0 aliphatic carbocycles. The number of halogens is 1. The molecule has 1 aromatic carbocycles. The Bertz CT molecular complexity index is 702. The zero-order chi connectivity index (χ0) is 16.3. The van der Waals surface area contributed by atoms with Crippen molar-refractivity contribution in [1.82, 2.24) is 9.97 Å². The van der Waals surface area contributed by atoms with E-state index in [2.05, 4.69) is 9.97 Å². The van der Waals surface area contributed by atoms with Crippen LogP contribution >= 0.6 is 11.6 Å². The van der Waals surface area contributed by atoms with Crippen molar-refractivity contribution in [3.05, 3.63) is 51.9 Å². The van der Waals surface area contributed by atoms with E-state index in [9.17, 15) is 4.79 Å². The summed E-state index contributed by atoms with van der Waals surface area (Å²) in [5.74, 6) is -1.16. The second-order valence-electron chi connectivity index (χ2n) is 5.16. The molecule has 0 radical (unpaired) electrons. The van der Waals surface area contributed by atoms with Crippen LogP contribution in [-0.4, -0.2) is 27.1 Å². The molecule has 2 aromatic rings. The number of hydrogen-bond donors (Lipinski definition) is 1. The standard InChI is InChI=1S/C16H17ClN2O3/c1-9(2)22-15-12(8-11-6-4-5-7-13(11)17)10(3)18-14(19-15)16(20)21/h4-7,9H,8H2,1-3H3,(H,20,21). The Morgan fingerprint density at radius 1 is 1.32 bits per heavy atom. The average Bonchev–Trinajstić information content (AvgIpc) is 2.43. The normalized spacial score (nSPS) is 10.8. The highest BCUT2D eigenvalue weighted by molar-refractivity contribution is 6.31. The zero-order valence-electron chi connectivity index (χ0n) is 12.6. The van der Waals surface area contributed by atoms with Crippen LogP contribution in [0.2, 0.25) is 5.02 Å². The molecule has 5 nitrogen and oxygen atoms in total. The van der Waals surface area contributed by atoms with Gasteiger partial charge < -0.3 is 9.84 Å². The second kappa shape index (κ2) is 6.75. The lowest BCUT2D eigenvalue weighted by molar-refractivity contribution is 0.0680. The molecule has 0 fully saturated rings. The van der Waals surface area contributed by atoms with E-state index in [1.165, 1.54) is 0 Å². The Labute approximate surface area is 133 Å². The van der Waals surface area contributed by atoms with E-state index >= 15 is 0 Å². The lowest BCUT2D eigenvalue weighted by Crippen LogP contribution is -2.15. The van der Waals surface area contributed by atoms with Crippen LogP contribution in [-0.2, 0) is 6.42 Å². The SMILES string of the molecule is Cc1nc(C(=O)O)nc(OC(C)C)c1Cc1ccccc1Cl. The number of aryl methyl sites for hydroxylation is 1. The Morgan fingerprint density at radius 3 is 2.59 bits per heavy atom. The summed E-state index contributed by atoms with van der Waals surface area (Å²) < 4.78 is 5.67. The second-order valence-corrected chi connectivity index (χ2v) is 5.56. The summed E-state index contributed by atoms with van der Waals surface area (Å²) in [7, 11) is 0. The molecule has 1 aromatic heterocycles.